The van der Waals surface area contributed by atoms with Crippen LogP contribution in [0.2, 0.25) is 0 Å². The first-order valence-corrected chi connectivity index (χ1v) is 6.47. The minimum Gasteiger partial charge on any atom is -0.319 e. The molecule has 0 bridgehead atoms. The third-order valence-electron chi connectivity index (χ3n) is 2.96. The number of nitrogens with two attached hydrogens (primary N) is 1. The van der Waals surface area contributed by atoms with Crippen molar-refractivity contribution in [2.24, 2.45) is 5.73 Å². The second-order valence-electron chi connectivity index (χ2n) is 5.15. The largest absolute Gasteiger partial charge is 0.319 e. The first-order valence-electron chi connectivity index (χ1n) is 5.59. The van der Waals surface area contributed by atoms with Crippen LogP contribution >= 0.6 is 11.3 Å². The fourth-order valence-electron chi connectivity index (χ4n) is 1.40. The summed E-state index contributed by atoms with van der Waals surface area (Å²) in [5.41, 5.74) is 7.37. The van der Waals surface area contributed by atoms with Crippen molar-refractivity contribution in [3.63, 3.8) is 0 Å². The van der Waals surface area contributed by atoms with E-state index in [1.807, 2.05) is 0 Å². The molecule has 0 radical (unpaired) electrons. The first-order chi connectivity index (χ1) is 6.83. The predicted octanol–water partition coefficient (Wildman–Crippen LogP) is 3.41. The Hall–Kier alpha value is -0.410. The van der Waals surface area contributed by atoms with E-state index in [4.69, 9.17) is 5.73 Å². The number of hydrogen-bond acceptors (Lipinski definition) is 3. The van der Waals surface area contributed by atoms with Crippen molar-refractivity contribution < 1.29 is 0 Å². The van der Waals surface area contributed by atoms with Gasteiger partial charge in [0.25, 0.3) is 0 Å². The zero-order valence-electron chi connectivity index (χ0n) is 10.4. The summed E-state index contributed by atoms with van der Waals surface area (Å²) in [6.07, 6.45) is 1.89. The van der Waals surface area contributed by atoms with Gasteiger partial charge in [0.05, 0.1) is 11.2 Å². The van der Waals surface area contributed by atoms with E-state index in [1.165, 1.54) is 0 Å². The minimum absolute atomic E-state index is 0.122. The van der Waals surface area contributed by atoms with Crippen LogP contribution in [-0.2, 0) is 11.0 Å². The quantitative estimate of drug-likeness (QED) is 0.857. The van der Waals surface area contributed by atoms with Gasteiger partial charge >= 0.3 is 0 Å². The van der Waals surface area contributed by atoms with Crippen molar-refractivity contribution in [3.8, 4) is 0 Å². The summed E-state index contributed by atoms with van der Waals surface area (Å²) in [4.78, 5) is 4.69. The average Bonchev–Trinajstić information content (AvgIpc) is 2.65. The molecule has 0 aliphatic carbocycles. The maximum Gasteiger partial charge on any atom is 0.113 e. The monoisotopic (exact) mass is 226 g/mol. The third kappa shape index (κ3) is 2.58. The third-order valence-corrected chi connectivity index (χ3v) is 4.02. The Labute approximate surface area is 96.9 Å². The Morgan fingerprint density at radius 2 is 1.80 bits per heavy atom. The molecule has 0 aliphatic heterocycles. The zero-order valence-corrected chi connectivity index (χ0v) is 11.2. The van der Waals surface area contributed by atoms with Crippen LogP contribution in [0.15, 0.2) is 5.38 Å². The van der Waals surface area contributed by atoms with E-state index in [2.05, 4.69) is 45.0 Å². The van der Waals surface area contributed by atoms with Crippen LogP contribution in [0.25, 0.3) is 0 Å². The Bertz CT molecular complexity index is 319. The molecular formula is C12H22N2S. The van der Waals surface area contributed by atoms with Gasteiger partial charge < -0.3 is 5.73 Å². The Balaban J connectivity index is 3.03. The predicted molar refractivity (Wildman–Crippen MR) is 67.3 cm³/mol. The van der Waals surface area contributed by atoms with Crippen LogP contribution in [-0.4, -0.2) is 4.98 Å². The van der Waals surface area contributed by atoms with Crippen molar-refractivity contribution >= 4 is 11.3 Å². The van der Waals surface area contributed by atoms with E-state index in [1.54, 1.807) is 11.3 Å². The normalized spacial score (nSPS) is 13.2. The second-order valence-corrected chi connectivity index (χ2v) is 6.01. The molecule has 1 rings (SSSR count). The van der Waals surface area contributed by atoms with Crippen molar-refractivity contribution in [2.45, 2.75) is 58.4 Å². The number of hydrogen-bond donors (Lipinski definition) is 1. The van der Waals surface area contributed by atoms with Crippen molar-refractivity contribution in [1.29, 1.82) is 0 Å². The van der Waals surface area contributed by atoms with Gasteiger partial charge in [0.2, 0.25) is 0 Å². The molecule has 2 nitrogen and oxygen atoms in total. The van der Waals surface area contributed by atoms with E-state index >= 15 is 0 Å². The smallest absolute Gasteiger partial charge is 0.113 e. The minimum atomic E-state index is -0.228. The number of thiazole rings is 1. The molecule has 0 aliphatic rings. The van der Waals surface area contributed by atoms with Gasteiger partial charge in [0, 0.05) is 10.8 Å². The Morgan fingerprint density at radius 1 is 1.27 bits per heavy atom. The Morgan fingerprint density at radius 3 is 2.13 bits per heavy atom. The molecule has 0 amide bonds. The van der Waals surface area contributed by atoms with Gasteiger partial charge in [-0.2, -0.15) is 0 Å². The van der Waals surface area contributed by atoms with E-state index in [0.29, 0.717) is 0 Å². The van der Waals surface area contributed by atoms with Gasteiger partial charge in [-0.05, 0) is 12.8 Å². The molecular weight excluding hydrogens is 204 g/mol. The number of rotatable bonds is 3. The summed E-state index contributed by atoms with van der Waals surface area (Å²) in [5, 5.41) is 3.22. The molecule has 0 fully saturated rings. The maximum absolute atomic E-state index is 6.32. The molecule has 86 valence electrons. The lowest BCUT2D eigenvalue weighted by molar-refractivity contribution is 0.407. The summed E-state index contributed by atoms with van der Waals surface area (Å²) in [5.74, 6) is 0. The maximum atomic E-state index is 6.32. The van der Waals surface area contributed by atoms with Gasteiger partial charge in [-0.3, -0.25) is 0 Å². The van der Waals surface area contributed by atoms with Gasteiger partial charge in [-0.25, -0.2) is 4.98 Å². The summed E-state index contributed by atoms with van der Waals surface area (Å²) >= 11 is 1.70. The summed E-state index contributed by atoms with van der Waals surface area (Å²) in [7, 11) is 0. The summed E-state index contributed by atoms with van der Waals surface area (Å²) < 4.78 is 0. The van der Waals surface area contributed by atoms with Crippen LogP contribution in [0.3, 0.4) is 0 Å². The number of nitrogens with zero attached hydrogens (tertiary/aromatic N) is 1. The lowest BCUT2D eigenvalue weighted by Gasteiger charge is -2.24. The SMILES string of the molecule is CCC(N)(CC)c1nc(C(C)(C)C)cs1. The summed E-state index contributed by atoms with van der Waals surface area (Å²) in [6, 6.07) is 0. The molecule has 0 spiro atoms. The highest BCUT2D eigenvalue weighted by atomic mass is 32.1. The topological polar surface area (TPSA) is 38.9 Å². The molecule has 1 heterocycles. The lowest BCUT2D eigenvalue weighted by atomic mass is 9.92. The highest BCUT2D eigenvalue weighted by Gasteiger charge is 2.28. The summed E-state index contributed by atoms with van der Waals surface area (Å²) in [6.45, 7) is 10.8. The second kappa shape index (κ2) is 4.22. The van der Waals surface area contributed by atoms with E-state index in [9.17, 15) is 0 Å². The van der Waals surface area contributed by atoms with E-state index in [-0.39, 0.29) is 11.0 Å². The first kappa shape index (κ1) is 12.7. The van der Waals surface area contributed by atoms with E-state index in [0.717, 1.165) is 23.5 Å². The highest BCUT2D eigenvalue weighted by Crippen LogP contribution is 2.32. The number of aromatic nitrogens is 1. The standard InChI is InChI=1S/C12H22N2S/c1-6-12(13,7-2)10-14-9(8-15-10)11(3,4)5/h8H,6-7,13H2,1-5H3. The van der Waals surface area contributed by atoms with Gasteiger partial charge in [-0.15, -0.1) is 11.3 Å². The molecule has 0 atom stereocenters. The molecule has 1 aromatic rings. The Kier molecular flexibility index (Phi) is 3.56. The van der Waals surface area contributed by atoms with Crippen LogP contribution < -0.4 is 5.73 Å². The van der Waals surface area contributed by atoms with Crippen molar-refractivity contribution in [3.05, 3.63) is 16.1 Å². The molecule has 0 unspecified atom stereocenters. The van der Waals surface area contributed by atoms with Crippen LogP contribution in [0.5, 0.6) is 0 Å². The molecule has 15 heavy (non-hydrogen) atoms. The van der Waals surface area contributed by atoms with Crippen LogP contribution in [0, 0.1) is 0 Å². The van der Waals surface area contributed by atoms with Gasteiger partial charge in [0.15, 0.2) is 0 Å². The fourth-order valence-corrected chi connectivity index (χ4v) is 2.70. The molecule has 0 saturated heterocycles. The fraction of sp³-hybridized carbons (Fsp3) is 0.750. The average molecular weight is 226 g/mol. The van der Waals surface area contributed by atoms with Crippen molar-refractivity contribution in [1.82, 2.24) is 4.98 Å². The molecule has 3 heteroatoms. The highest BCUT2D eigenvalue weighted by molar-refractivity contribution is 7.09. The van der Waals surface area contributed by atoms with Gasteiger partial charge in [0.1, 0.15) is 5.01 Å². The molecule has 0 saturated carbocycles. The molecule has 0 aromatic carbocycles. The zero-order chi connectivity index (χ0) is 11.7. The van der Waals surface area contributed by atoms with Crippen molar-refractivity contribution in [2.75, 3.05) is 0 Å². The molecule has 1 aromatic heterocycles. The van der Waals surface area contributed by atoms with E-state index < -0.39 is 0 Å². The van der Waals surface area contributed by atoms with Crippen LogP contribution in [0.1, 0.15) is 58.2 Å². The van der Waals surface area contributed by atoms with Crippen LogP contribution in [0.4, 0.5) is 0 Å². The lowest BCUT2D eigenvalue weighted by Crippen LogP contribution is -2.35. The van der Waals surface area contributed by atoms with Gasteiger partial charge in [-0.1, -0.05) is 34.6 Å². The molecule has 2 N–H and O–H groups in total.